The van der Waals surface area contributed by atoms with Crippen LogP contribution in [0.1, 0.15) is 38.8 Å². The number of aryl methyl sites for hydroxylation is 1. The lowest BCUT2D eigenvalue weighted by atomic mass is 10.0. The van der Waals surface area contributed by atoms with Crippen molar-refractivity contribution in [1.82, 2.24) is 24.5 Å². The van der Waals surface area contributed by atoms with Gasteiger partial charge in [-0.25, -0.2) is 9.36 Å². The van der Waals surface area contributed by atoms with Crippen LogP contribution in [0.15, 0.2) is 82.6 Å². The van der Waals surface area contributed by atoms with E-state index in [-0.39, 0.29) is 12.2 Å². The van der Waals surface area contributed by atoms with E-state index in [0.717, 1.165) is 14.9 Å². The number of nitrogens with zero attached hydrogens (tertiary/aromatic N) is 4. The van der Waals surface area contributed by atoms with Gasteiger partial charge in [0.25, 0.3) is 13.9 Å². The van der Waals surface area contributed by atoms with Crippen molar-refractivity contribution in [2.45, 2.75) is 45.2 Å². The van der Waals surface area contributed by atoms with E-state index < -0.39 is 30.6 Å². The molecule has 5 rings (SSSR count). The predicted octanol–water partition coefficient (Wildman–Crippen LogP) is 2.69. The van der Waals surface area contributed by atoms with Gasteiger partial charge in [0, 0.05) is 12.0 Å². The van der Waals surface area contributed by atoms with Gasteiger partial charge >= 0.3 is 5.69 Å². The predicted molar refractivity (Wildman–Crippen MR) is 155 cm³/mol. The third-order valence-electron chi connectivity index (χ3n) is 7.43. The lowest BCUT2D eigenvalue weighted by Crippen LogP contribution is -2.65. The average molecular weight is 560 g/mol. The summed E-state index contributed by atoms with van der Waals surface area (Å²) in [5.41, 5.74) is -0.583. The minimum atomic E-state index is -3.46. The van der Waals surface area contributed by atoms with Crippen LogP contribution >= 0.6 is 11.3 Å². The Morgan fingerprint density at radius 2 is 1.56 bits per heavy atom. The number of hydrogen-bond donors (Lipinski definition) is 2. The Morgan fingerprint density at radius 1 is 1.03 bits per heavy atom. The first-order chi connectivity index (χ1) is 18.6. The van der Waals surface area contributed by atoms with E-state index in [1.807, 2.05) is 74.5 Å². The maximum Gasteiger partial charge on any atom is 0.330 e. The van der Waals surface area contributed by atoms with Crippen molar-refractivity contribution in [3.63, 3.8) is 0 Å². The van der Waals surface area contributed by atoms with Crippen molar-refractivity contribution < 1.29 is 9.59 Å². The zero-order valence-corrected chi connectivity index (χ0v) is 23.9. The van der Waals surface area contributed by atoms with Crippen molar-refractivity contribution >= 4 is 46.0 Å². The quantitative estimate of drug-likeness (QED) is 0.282. The first-order valence-electron chi connectivity index (χ1n) is 12.6. The molecule has 11 heteroatoms. The summed E-state index contributed by atoms with van der Waals surface area (Å²) in [4.78, 5) is 57.4. The van der Waals surface area contributed by atoms with Crippen molar-refractivity contribution in [2.24, 2.45) is 0 Å². The van der Waals surface area contributed by atoms with Crippen molar-refractivity contribution in [3.8, 4) is 5.00 Å². The van der Waals surface area contributed by atoms with Crippen molar-refractivity contribution in [3.05, 3.63) is 99.5 Å². The molecule has 2 aromatic carbocycles. The molecule has 3 aromatic heterocycles. The third kappa shape index (κ3) is 4.42. The van der Waals surface area contributed by atoms with E-state index in [0.29, 0.717) is 20.8 Å². The molecule has 0 saturated heterocycles. The summed E-state index contributed by atoms with van der Waals surface area (Å²) in [6.45, 7) is 7.09. The van der Waals surface area contributed by atoms with Gasteiger partial charge in [-0.1, -0.05) is 85.8 Å². The molecule has 0 aliphatic carbocycles. The van der Waals surface area contributed by atoms with Gasteiger partial charge in [-0.3, -0.25) is 14.6 Å². The number of H-pyrrole nitrogens is 1. The van der Waals surface area contributed by atoms with E-state index in [4.69, 9.17) is 0 Å². The van der Waals surface area contributed by atoms with Gasteiger partial charge in [0.1, 0.15) is 9.83 Å². The summed E-state index contributed by atoms with van der Waals surface area (Å²) in [6.07, 6.45) is 3.03. The second-order valence-electron chi connectivity index (χ2n) is 10.3. The molecule has 0 saturated carbocycles. The largest absolute Gasteiger partial charge is 0.424 e. The number of thiophene rings is 1. The zero-order chi connectivity index (χ0) is 27.9. The number of hydrogen-bond acceptors (Lipinski definition) is 7. The highest BCUT2D eigenvalue weighted by Gasteiger charge is 2.51. The molecule has 1 unspecified atom stereocenters. The van der Waals surface area contributed by atoms with Crippen LogP contribution in [0.2, 0.25) is 5.04 Å². The molecule has 0 fully saturated rings. The van der Waals surface area contributed by atoms with Gasteiger partial charge in [-0.15, -0.1) is 4.80 Å². The molecule has 0 aliphatic heterocycles. The van der Waals surface area contributed by atoms with Crippen LogP contribution < -0.4 is 21.6 Å². The molecule has 5 aromatic rings. The van der Waals surface area contributed by atoms with E-state index in [1.165, 1.54) is 28.5 Å². The van der Waals surface area contributed by atoms with Crippen molar-refractivity contribution in [1.29, 1.82) is 0 Å². The Labute approximate surface area is 229 Å². The van der Waals surface area contributed by atoms with Crippen LogP contribution in [-0.2, 0) is 4.79 Å². The highest BCUT2D eigenvalue weighted by Crippen LogP contribution is 2.40. The Bertz CT molecular complexity index is 1720. The van der Waals surface area contributed by atoms with Crippen LogP contribution in [0.4, 0.5) is 0 Å². The molecular weight excluding hydrogens is 530 g/mol. The number of rotatable bonds is 8. The molecule has 1 atom stereocenters. The van der Waals surface area contributed by atoms with Gasteiger partial charge < -0.3 is 4.80 Å². The summed E-state index contributed by atoms with van der Waals surface area (Å²) in [6, 6.07) is 17.8. The number of nitrogens with one attached hydrogen (secondary N) is 1. The van der Waals surface area contributed by atoms with Crippen LogP contribution in [0.5, 0.6) is 0 Å². The van der Waals surface area contributed by atoms with E-state index >= 15 is 0 Å². The van der Waals surface area contributed by atoms with Crippen LogP contribution in [0, 0.1) is 6.92 Å². The molecule has 0 amide bonds. The highest BCUT2D eigenvalue weighted by atomic mass is 32.1. The monoisotopic (exact) mass is 559 g/mol. The number of aromatic amines is 1. The highest BCUT2D eigenvalue weighted by molar-refractivity contribution is 7.21. The second-order valence-corrected chi connectivity index (χ2v) is 15.2. The van der Waals surface area contributed by atoms with Gasteiger partial charge in [-0.05, 0) is 29.3 Å². The van der Waals surface area contributed by atoms with Gasteiger partial charge in [0.2, 0.25) is 0 Å². The fraction of sp³-hybridized carbons (Fsp3) is 0.250. The maximum atomic E-state index is 13.8. The number of carbonyl (C=O) groups excluding carboxylic acids is 1. The summed E-state index contributed by atoms with van der Waals surface area (Å²) in [7, 11) is -3.46. The minimum absolute atomic E-state index is 0.0321. The SMILES string of the molecule is Cc1c(-n2nccn2)sc2[nH]c(=O)n(C(C)C(=O)CC(C)(C)[Si](O)(c3ccccc3)c3ccccc3)c(=O)c12. The average Bonchev–Trinajstić information content (AvgIpc) is 3.56. The first-order valence-corrected chi connectivity index (χ1v) is 15.3. The number of fused-ring (bicyclic) bond motifs is 1. The Kier molecular flexibility index (Phi) is 6.83. The molecule has 0 radical (unpaired) electrons. The number of Topliss-reactive ketones (excluding diaryl/α,β-unsaturated/α-hetero) is 1. The lowest BCUT2D eigenvalue weighted by molar-refractivity contribution is -0.122. The number of aromatic nitrogens is 5. The van der Waals surface area contributed by atoms with Gasteiger partial charge in [-0.2, -0.15) is 10.2 Å². The molecular formula is C28H29N5O4SSi. The third-order valence-corrected chi connectivity index (χ3v) is 13.1. The number of benzene rings is 2. The van der Waals surface area contributed by atoms with Gasteiger partial charge in [0.15, 0.2) is 5.78 Å². The Balaban J connectivity index is 1.54. The minimum Gasteiger partial charge on any atom is -0.424 e. The van der Waals surface area contributed by atoms with Crippen molar-refractivity contribution in [2.75, 3.05) is 0 Å². The first kappa shape index (κ1) is 26.7. The lowest BCUT2D eigenvalue weighted by Gasteiger charge is -2.41. The summed E-state index contributed by atoms with van der Waals surface area (Å²) in [5.74, 6) is -0.313. The Morgan fingerprint density at radius 3 is 2.10 bits per heavy atom. The molecule has 2 N–H and O–H groups in total. The smallest absolute Gasteiger partial charge is 0.330 e. The molecule has 0 spiro atoms. The topological polar surface area (TPSA) is 123 Å². The molecule has 0 bridgehead atoms. The fourth-order valence-corrected chi connectivity index (χ4v) is 10.0. The van der Waals surface area contributed by atoms with Crippen LogP contribution in [-0.4, -0.2) is 43.4 Å². The summed E-state index contributed by atoms with van der Waals surface area (Å²) in [5, 5.41) is 9.91. The van der Waals surface area contributed by atoms with E-state index in [1.54, 1.807) is 13.8 Å². The number of ketones is 1. The van der Waals surface area contributed by atoms with E-state index in [9.17, 15) is 19.2 Å². The number of carbonyl (C=O) groups is 1. The van der Waals surface area contributed by atoms with Gasteiger partial charge in [0.05, 0.1) is 23.8 Å². The van der Waals surface area contributed by atoms with E-state index in [2.05, 4.69) is 15.2 Å². The maximum absolute atomic E-state index is 13.8. The fourth-order valence-electron chi connectivity index (χ4n) is 5.24. The summed E-state index contributed by atoms with van der Waals surface area (Å²) >= 11 is 1.20. The van der Waals surface area contributed by atoms with Crippen LogP contribution in [0.25, 0.3) is 15.2 Å². The van der Waals surface area contributed by atoms with Crippen LogP contribution in [0.3, 0.4) is 0 Å². The molecule has 0 aliphatic rings. The molecule has 39 heavy (non-hydrogen) atoms. The Hall–Kier alpha value is -3.93. The molecule has 9 nitrogen and oxygen atoms in total. The second kappa shape index (κ2) is 9.99. The zero-order valence-electron chi connectivity index (χ0n) is 22.1. The summed E-state index contributed by atoms with van der Waals surface area (Å²) < 4.78 is 0.979. The normalized spacial score (nSPS) is 13.1. The molecule has 3 heterocycles. The molecule has 200 valence electrons. The standard InChI is InChI=1S/C28H29N5O4SSi/c1-18-23-24(38-26(18)33-29-15-16-30-33)31-27(36)32(25(23)35)19(2)22(34)17-28(3,4)39(37,20-11-7-5-8-12-20)21-13-9-6-10-14-21/h5-16,19,37H,17H2,1-4H3,(H,31,36).